The number of carbonyl (C=O) groups is 1. The highest BCUT2D eigenvalue weighted by Gasteiger charge is 2.23. The maximum atomic E-state index is 12.1. The highest BCUT2D eigenvalue weighted by atomic mass is 32.2. The first kappa shape index (κ1) is 15.0. The van der Waals surface area contributed by atoms with E-state index < -0.39 is 16.0 Å². The molecule has 0 aromatic carbocycles. The van der Waals surface area contributed by atoms with E-state index >= 15 is 0 Å². The van der Waals surface area contributed by atoms with E-state index in [4.69, 9.17) is 4.74 Å². The van der Waals surface area contributed by atoms with Crippen molar-refractivity contribution in [3.05, 3.63) is 18.0 Å². The molecule has 8 heteroatoms. The van der Waals surface area contributed by atoms with Crippen molar-refractivity contribution >= 4 is 16.0 Å². The van der Waals surface area contributed by atoms with E-state index in [1.165, 1.54) is 23.9 Å². The Labute approximate surface area is 117 Å². The van der Waals surface area contributed by atoms with Crippen LogP contribution in [0.1, 0.15) is 23.3 Å². The van der Waals surface area contributed by atoms with E-state index in [9.17, 15) is 13.2 Å². The van der Waals surface area contributed by atoms with Crippen molar-refractivity contribution in [3.8, 4) is 0 Å². The molecule has 0 amide bonds. The highest BCUT2D eigenvalue weighted by Crippen LogP contribution is 2.16. The summed E-state index contributed by atoms with van der Waals surface area (Å²) >= 11 is 0. The summed E-state index contributed by atoms with van der Waals surface area (Å²) in [5, 5.41) is 0. The van der Waals surface area contributed by atoms with Crippen LogP contribution >= 0.6 is 0 Å². The Morgan fingerprint density at radius 3 is 2.95 bits per heavy atom. The van der Waals surface area contributed by atoms with Crippen LogP contribution in [0.25, 0.3) is 0 Å². The Morgan fingerprint density at radius 2 is 2.35 bits per heavy atom. The predicted octanol–water partition coefficient (Wildman–Crippen LogP) is 0.269. The number of sulfonamides is 1. The number of rotatable bonds is 5. The molecule has 0 saturated carbocycles. The lowest BCUT2D eigenvalue weighted by Gasteiger charge is -2.10. The first-order valence-corrected chi connectivity index (χ1v) is 7.78. The molecule has 0 aliphatic carbocycles. The largest absolute Gasteiger partial charge is 0.464 e. The predicted molar refractivity (Wildman–Crippen MR) is 70.9 cm³/mol. The van der Waals surface area contributed by atoms with E-state index in [-0.39, 0.29) is 23.2 Å². The van der Waals surface area contributed by atoms with Crippen molar-refractivity contribution in [1.82, 2.24) is 9.29 Å². The molecule has 1 aliphatic heterocycles. The normalized spacial score (nSPS) is 19.2. The van der Waals surface area contributed by atoms with E-state index in [0.717, 1.165) is 12.8 Å². The summed E-state index contributed by atoms with van der Waals surface area (Å²) in [5.41, 5.74) is 0.185. The van der Waals surface area contributed by atoms with Crippen LogP contribution in [0.2, 0.25) is 0 Å². The summed E-state index contributed by atoms with van der Waals surface area (Å²) in [7, 11) is -0.812. The van der Waals surface area contributed by atoms with Gasteiger partial charge in [-0.3, -0.25) is 0 Å². The molecule has 20 heavy (non-hydrogen) atoms. The van der Waals surface area contributed by atoms with Gasteiger partial charge in [0.25, 0.3) is 0 Å². The van der Waals surface area contributed by atoms with Crippen molar-refractivity contribution in [2.75, 3.05) is 20.3 Å². The number of aryl methyl sites for hydroxylation is 1. The Hall–Kier alpha value is -1.38. The number of hydrogen-bond acceptors (Lipinski definition) is 5. The zero-order valence-corrected chi connectivity index (χ0v) is 12.3. The first-order valence-electron chi connectivity index (χ1n) is 6.30. The van der Waals surface area contributed by atoms with E-state index in [0.29, 0.717) is 6.61 Å². The molecule has 0 spiro atoms. The van der Waals surface area contributed by atoms with Gasteiger partial charge in [-0.1, -0.05) is 0 Å². The summed E-state index contributed by atoms with van der Waals surface area (Å²) in [6.45, 7) is 0.912. The number of esters is 1. The number of carbonyl (C=O) groups excluding carboxylic acids is 1. The second-order valence-corrected chi connectivity index (χ2v) is 6.42. The molecule has 112 valence electrons. The lowest BCUT2D eigenvalue weighted by atomic mass is 10.2. The third-order valence-corrected chi connectivity index (χ3v) is 4.60. The fraction of sp³-hybridized carbons (Fsp3) is 0.583. The van der Waals surface area contributed by atoms with Crippen molar-refractivity contribution in [2.45, 2.75) is 23.8 Å². The van der Waals surface area contributed by atoms with Gasteiger partial charge in [-0.05, 0) is 18.9 Å². The topological polar surface area (TPSA) is 86.6 Å². The van der Waals surface area contributed by atoms with Crippen molar-refractivity contribution in [3.63, 3.8) is 0 Å². The Balaban J connectivity index is 2.10. The van der Waals surface area contributed by atoms with Crippen LogP contribution in [-0.4, -0.2) is 45.3 Å². The first-order chi connectivity index (χ1) is 9.44. The van der Waals surface area contributed by atoms with Gasteiger partial charge >= 0.3 is 5.97 Å². The minimum absolute atomic E-state index is 0.0402. The van der Waals surface area contributed by atoms with Gasteiger partial charge in [0.1, 0.15) is 10.6 Å². The van der Waals surface area contributed by atoms with Crippen LogP contribution in [0.4, 0.5) is 0 Å². The third kappa shape index (κ3) is 3.20. The standard InChI is InChI=1S/C12H18N2O5S/c1-14-8-10(6-11(14)12(15)18-2)20(16,17)13-7-9-4-3-5-19-9/h6,8-9,13H,3-5,7H2,1-2H3. The number of nitrogens with one attached hydrogen (secondary N) is 1. The van der Waals surface area contributed by atoms with Crippen molar-refractivity contribution in [1.29, 1.82) is 0 Å². The van der Waals surface area contributed by atoms with Gasteiger partial charge in [0, 0.05) is 26.4 Å². The fourth-order valence-corrected chi connectivity index (χ4v) is 3.22. The number of hydrogen-bond donors (Lipinski definition) is 1. The van der Waals surface area contributed by atoms with Crippen molar-refractivity contribution in [2.24, 2.45) is 7.05 Å². The summed E-state index contributed by atoms with van der Waals surface area (Å²) in [5.74, 6) is -0.576. The van der Waals surface area contributed by atoms with E-state index in [1.54, 1.807) is 7.05 Å². The maximum absolute atomic E-state index is 12.1. The number of ether oxygens (including phenoxy) is 2. The summed E-state index contributed by atoms with van der Waals surface area (Å²) in [6.07, 6.45) is 3.10. The maximum Gasteiger partial charge on any atom is 0.354 e. The van der Waals surface area contributed by atoms with Gasteiger partial charge in [0.05, 0.1) is 13.2 Å². The summed E-state index contributed by atoms with van der Waals surface area (Å²) in [6, 6.07) is 1.30. The molecule has 1 fully saturated rings. The van der Waals surface area contributed by atoms with Gasteiger partial charge in [0.15, 0.2) is 0 Å². The summed E-state index contributed by atoms with van der Waals surface area (Å²) in [4.78, 5) is 11.5. The van der Waals surface area contributed by atoms with Crippen LogP contribution < -0.4 is 4.72 Å². The zero-order chi connectivity index (χ0) is 14.8. The molecule has 1 atom stereocenters. The molecule has 7 nitrogen and oxygen atoms in total. The number of aromatic nitrogens is 1. The van der Waals surface area contributed by atoms with Gasteiger partial charge in [0.2, 0.25) is 10.0 Å². The SMILES string of the molecule is COC(=O)c1cc(S(=O)(=O)NCC2CCCO2)cn1C. The lowest BCUT2D eigenvalue weighted by Crippen LogP contribution is -2.31. The lowest BCUT2D eigenvalue weighted by molar-refractivity contribution is 0.0590. The molecule has 0 radical (unpaired) electrons. The molecule has 1 N–H and O–H groups in total. The van der Waals surface area contributed by atoms with Gasteiger partial charge < -0.3 is 14.0 Å². The average Bonchev–Trinajstić information content (AvgIpc) is 3.05. The Bertz CT molecular complexity index is 587. The number of nitrogens with zero attached hydrogens (tertiary/aromatic N) is 1. The minimum atomic E-state index is -3.65. The van der Waals surface area contributed by atoms with Crippen LogP contribution in [0.5, 0.6) is 0 Å². The van der Waals surface area contributed by atoms with Gasteiger partial charge in [-0.25, -0.2) is 17.9 Å². The monoisotopic (exact) mass is 302 g/mol. The van der Waals surface area contributed by atoms with Crippen LogP contribution in [-0.2, 0) is 26.5 Å². The van der Waals surface area contributed by atoms with E-state index in [1.807, 2.05) is 0 Å². The Morgan fingerprint density at radius 1 is 1.60 bits per heavy atom. The molecule has 2 rings (SSSR count). The highest BCUT2D eigenvalue weighted by molar-refractivity contribution is 7.89. The second-order valence-electron chi connectivity index (χ2n) is 4.65. The fourth-order valence-electron chi connectivity index (χ4n) is 2.08. The number of methoxy groups -OCH3 is 1. The molecule has 1 aromatic heterocycles. The van der Waals surface area contributed by atoms with Crippen molar-refractivity contribution < 1.29 is 22.7 Å². The third-order valence-electron chi connectivity index (χ3n) is 3.21. The van der Waals surface area contributed by atoms with Crippen LogP contribution in [0.15, 0.2) is 17.2 Å². The Kier molecular flexibility index (Phi) is 4.46. The molecule has 2 heterocycles. The van der Waals surface area contributed by atoms with E-state index in [2.05, 4.69) is 9.46 Å². The molecule has 1 unspecified atom stereocenters. The average molecular weight is 302 g/mol. The van der Waals surface area contributed by atoms with Crippen LogP contribution in [0, 0.1) is 0 Å². The van der Waals surface area contributed by atoms with Gasteiger partial charge in [-0.2, -0.15) is 0 Å². The molecule has 0 bridgehead atoms. The summed E-state index contributed by atoms with van der Waals surface area (Å²) < 4.78 is 38.1. The molecule has 1 saturated heterocycles. The molecular weight excluding hydrogens is 284 g/mol. The quantitative estimate of drug-likeness (QED) is 0.789. The molecular formula is C12H18N2O5S. The molecule has 1 aliphatic rings. The second kappa shape index (κ2) is 5.94. The van der Waals surface area contributed by atoms with Gasteiger partial charge in [-0.15, -0.1) is 0 Å². The zero-order valence-electron chi connectivity index (χ0n) is 11.5. The van der Waals surface area contributed by atoms with Crippen LogP contribution in [0.3, 0.4) is 0 Å². The smallest absolute Gasteiger partial charge is 0.354 e. The molecule has 1 aromatic rings. The minimum Gasteiger partial charge on any atom is -0.464 e.